The first-order chi connectivity index (χ1) is 8.94. The lowest BCUT2D eigenvalue weighted by atomic mass is 9.87. The van der Waals surface area contributed by atoms with Crippen LogP contribution < -0.4 is 15.8 Å². The molecule has 0 heterocycles. The Morgan fingerprint density at radius 2 is 2.11 bits per heavy atom. The van der Waals surface area contributed by atoms with Gasteiger partial charge >= 0.3 is 0 Å². The summed E-state index contributed by atoms with van der Waals surface area (Å²) in [6, 6.07) is 5.29. The lowest BCUT2D eigenvalue weighted by Crippen LogP contribution is -2.44. The Morgan fingerprint density at radius 3 is 2.63 bits per heavy atom. The van der Waals surface area contributed by atoms with Gasteiger partial charge in [0.2, 0.25) is 0 Å². The van der Waals surface area contributed by atoms with Gasteiger partial charge in [-0.25, -0.2) is 0 Å². The average Bonchev–Trinajstić information content (AvgIpc) is 2.25. The van der Waals surface area contributed by atoms with Crippen molar-refractivity contribution in [2.75, 3.05) is 5.32 Å². The van der Waals surface area contributed by atoms with E-state index >= 15 is 0 Å². The smallest absolute Gasteiger partial charge is 0.275 e. The summed E-state index contributed by atoms with van der Waals surface area (Å²) in [5.74, 6) is 0.510. The molecule has 0 spiro atoms. The van der Waals surface area contributed by atoms with Gasteiger partial charge in [0.25, 0.3) is 5.69 Å². The molecule has 2 rings (SSSR count). The van der Waals surface area contributed by atoms with Crippen LogP contribution in [-0.4, -0.2) is 23.1 Å². The number of nitro benzene ring substituents is 1. The highest BCUT2D eigenvalue weighted by atomic mass is 16.6. The minimum atomic E-state index is -0.412. The summed E-state index contributed by atoms with van der Waals surface area (Å²) in [4.78, 5) is 10.5. The van der Waals surface area contributed by atoms with Gasteiger partial charge in [-0.3, -0.25) is 10.1 Å². The first-order valence-electron chi connectivity index (χ1n) is 6.42. The molecule has 0 bridgehead atoms. The summed E-state index contributed by atoms with van der Waals surface area (Å²) in [6.45, 7) is 3.77. The number of hydrogen-bond acceptors (Lipinski definition) is 5. The van der Waals surface area contributed by atoms with E-state index in [-0.39, 0.29) is 17.8 Å². The van der Waals surface area contributed by atoms with Crippen molar-refractivity contribution in [3.05, 3.63) is 28.3 Å². The number of nitrogens with one attached hydrogen (secondary N) is 1. The molecular weight excluding hydrogens is 246 g/mol. The number of nitrogens with zero attached hydrogens (tertiary/aromatic N) is 1. The normalized spacial score (nSPS) is 21.9. The van der Waals surface area contributed by atoms with Crippen molar-refractivity contribution in [2.45, 2.75) is 44.9 Å². The van der Waals surface area contributed by atoms with Crippen LogP contribution in [0.5, 0.6) is 5.75 Å². The van der Waals surface area contributed by atoms with Crippen molar-refractivity contribution in [1.29, 1.82) is 0 Å². The van der Waals surface area contributed by atoms with E-state index in [2.05, 4.69) is 5.32 Å². The van der Waals surface area contributed by atoms with Gasteiger partial charge in [-0.1, -0.05) is 0 Å². The molecule has 19 heavy (non-hydrogen) atoms. The SMILES string of the molecule is CC(C)Oc1cc(NC2CC(N)C2)cc([N+](=O)[O-])c1. The van der Waals surface area contributed by atoms with E-state index in [0.29, 0.717) is 17.5 Å². The molecule has 104 valence electrons. The number of non-ortho nitro benzene ring substituents is 1. The first-order valence-corrected chi connectivity index (χ1v) is 6.42. The van der Waals surface area contributed by atoms with Crippen LogP contribution in [-0.2, 0) is 0 Å². The van der Waals surface area contributed by atoms with E-state index in [9.17, 15) is 10.1 Å². The first kappa shape index (κ1) is 13.6. The summed E-state index contributed by atoms with van der Waals surface area (Å²) >= 11 is 0. The van der Waals surface area contributed by atoms with Crippen molar-refractivity contribution < 1.29 is 9.66 Å². The highest BCUT2D eigenvalue weighted by Crippen LogP contribution is 2.29. The lowest BCUT2D eigenvalue weighted by molar-refractivity contribution is -0.384. The van der Waals surface area contributed by atoms with Gasteiger partial charge in [0.15, 0.2) is 0 Å². The molecule has 0 amide bonds. The maximum absolute atomic E-state index is 10.9. The number of ether oxygens (including phenoxy) is 1. The fourth-order valence-electron chi connectivity index (χ4n) is 2.13. The van der Waals surface area contributed by atoms with E-state index in [1.165, 1.54) is 12.1 Å². The fraction of sp³-hybridized carbons (Fsp3) is 0.538. The van der Waals surface area contributed by atoms with Gasteiger partial charge < -0.3 is 15.8 Å². The van der Waals surface area contributed by atoms with Gasteiger partial charge in [0, 0.05) is 29.9 Å². The molecule has 0 atom stereocenters. The van der Waals surface area contributed by atoms with Crippen molar-refractivity contribution in [3.63, 3.8) is 0 Å². The number of hydrogen-bond donors (Lipinski definition) is 2. The van der Waals surface area contributed by atoms with Gasteiger partial charge in [0.05, 0.1) is 17.1 Å². The minimum Gasteiger partial charge on any atom is -0.491 e. The van der Waals surface area contributed by atoms with Crippen LogP contribution in [0.15, 0.2) is 18.2 Å². The molecule has 1 saturated carbocycles. The van der Waals surface area contributed by atoms with Crippen LogP contribution in [0.2, 0.25) is 0 Å². The van der Waals surface area contributed by atoms with Crippen LogP contribution in [0.3, 0.4) is 0 Å². The van der Waals surface area contributed by atoms with Gasteiger partial charge in [-0.05, 0) is 26.7 Å². The Balaban J connectivity index is 2.16. The monoisotopic (exact) mass is 265 g/mol. The summed E-state index contributed by atoms with van der Waals surface area (Å²) in [5, 5.41) is 14.2. The molecule has 6 nitrogen and oxygen atoms in total. The minimum absolute atomic E-state index is 0.0213. The van der Waals surface area contributed by atoms with Crippen LogP contribution in [0, 0.1) is 10.1 Å². The van der Waals surface area contributed by atoms with Crippen molar-refractivity contribution in [1.82, 2.24) is 0 Å². The molecular formula is C13H19N3O3. The second kappa shape index (κ2) is 5.44. The highest BCUT2D eigenvalue weighted by Gasteiger charge is 2.26. The summed E-state index contributed by atoms with van der Waals surface area (Å²) in [6.07, 6.45) is 1.76. The van der Waals surface area contributed by atoms with Gasteiger partial charge in [-0.15, -0.1) is 0 Å². The lowest BCUT2D eigenvalue weighted by Gasteiger charge is -2.33. The van der Waals surface area contributed by atoms with Crippen LogP contribution in [0.25, 0.3) is 0 Å². The molecule has 1 aromatic carbocycles. The molecule has 0 saturated heterocycles. The third-order valence-electron chi connectivity index (χ3n) is 3.02. The average molecular weight is 265 g/mol. The number of nitrogens with two attached hydrogens (primary N) is 1. The van der Waals surface area contributed by atoms with Crippen LogP contribution in [0.1, 0.15) is 26.7 Å². The second-order valence-electron chi connectivity index (χ2n) is 5.21. The van der Waals surface area contributed by atoms with Gasteiger partial charge in [-0.2, -0.15) is 0 Å². The quantitative estimate of drug-likeness (QED) is 0.629. The zero-order chi connectivity index (χ0) is 14.0. The van der Waals surface area contributed by atoms with Crippen molar-refractivity contribution >= 4 is 11.4 Å². The Labute approximate surface area is 112 Å². The molecule has 0 aliphatic heterocycles. The maximum Gasteiger partial charge on any atom is 0.275 e. The molecule has 1 aliphatic rings. The third kappa shape index (κ3) is 3.57. The van der Waals surface area contributed by atoms with E-state index < -0.39 is 4.92 Å². The zero-order valence-electron chi connectivity index (χ0n) is 11.1. The van der Waals surface area contributed by atoms with Crippen molar-refractivity contribution in [3.8, 4) is 5.75 Å². The number of nitro groups is 1. The number of rotatable bonds is 5. The standard InChI is InChI=1S/C13H19N3O3/c1-8(2)19-13-6-11(5-12(7-13)16(17)18)15-10-3-9(14)4-10/h5-10,15H,3-4,14H2,1-2H3. The van der Waals surface area contributed by atoms with Crippen molar-refractivity contribution in [2.24, 2.45) is 5.73 Å². The maximum atomic E-state index is 10.9. The second-order valence-corrected chi connectivity index (χ2v) is 5.21. The summed E-state index contributed by atoms with van der Waals surface area (Å²) in [5.41, 5.74) is 6.47. The van der Waals surface area contributed by atoms with Gasteiger partial charge in [0.1, 0.15) is 5.75 Å². The largest absolute Gasteiger partial charge is 0.491 e. The Morgan fingerprint density at radius 1 is 1.42 bits per heavy atom. The van der Waals surface area contributed by atoms with Crippen LogP contribution >= 0.6 is 0 Å². The Kier molecular flexibility index (Phi) is 3.90. The molecule has 3 N–H and O–H groups in total. The topological polar surface area (TPSA) is 90.4 Å². The molecule has 6 heteroatoms. The Hall–Kier alpha value is -1.82. The number of anilines is 1. The molecule has 1 fully saturated rings. The predicted octanol–water partition coefficient (Wildman–Crippen LogP) is 2.28. The van der Waals surface area contributed by atoms with E-state index in [4.69, 9.17) is 10.5 Å². The summed E-state index contributed by atoms with van der Waals surface area (Å²) in [7, 11) is 0. The molecule has 1 aromatic rings. The Bertz CT molecular complexity index is 470. The number of benzene rings is 1. The molecule has 0 radical (unpaired) electrons. The van der Waals surface area contributed by atoms with E-state index in [0.717, 1.165) is 12.8 Å². The van der Waals surface area contributed by atoms with Crippen LogP contribution in [0.4, 0.5) is 11.4 Å². The molecule has 0 unspecified atom stereocenters. The predicted molar refractivity (Wildman–Crippen MR) is 73.5 cm³/mol. The van der Waals surface area contributed by atoms with E-state index in [1.54, 1.807) is 6.07 Å². The highest BCUT2D eigenvalue weighted by molar-refractivity contribution is 5.57. The zero-order valence-corrected chi connectivity index (χ0v) is 11.1. The molecule has 0 aromatic heterocycles. The fourth-order valence-corrected chi connectivity index (χ4v) is 2.13. The third-order valence-corrected chi connectivity index (χ3v) is 3.02. The van der Waals surface area contributed by atoms with E-state index in [1.807, 2.05) is 13.8 Å². The summed E-state index contributed by atoms with van der Waals surface area (Å²) < 4.78 is 5.53. The molecule has 1 aliphatic carbocycles.